The molecule has 0 aliphatic heterocycles. The van der Waals surface area contributed by atoms with E-state index in [0.717, 1.165) is 22.3 Å². The number of carbonyl (C=O) groups is 1. The predicted molar refractivity (Wildman–Crippen MR) is 103 cm³/mol. The van der Waals surface area contributed by atoms with Crippen LogP contribution in [-0.4, -0.2) is 24.7 Å². The lowest BCUT2D eigenvalue weighted by Gasteiger charge is -2.10. The molecular weight excluding hydrogens is 411 g/mol. The van der Waals surface area contributed by atoms with Crippen LogP contribution in [0.1, 0.15) is 49.4 Å². The van der Waals surface area contributed by atoms with Gasteiger partial charge in [0.1, 0.15) is 5.75 Å². The second kappa shape index (κ2) is 10.8. The van der Waals surface area contributed by atoms with Crippen LogP contribution in [0.3, 0.4) is 0 Å². The molecule has 2 N–H and O–H groups in total. The van der Waals surface area contributed by atoms with Crippen LogP contribution >= 0.6 is 34.8 Å². The minimum atomic E-state index is -0.205. The molecule has 0 aliphatic rings. The average molecular weight is 434 g/mol. The summed E-state index contributed by atoms with van der Waals surface area (Å²) in [6, 6.07) is 5.28. The lowest BCUT2D eigenvalue weighted by molar-refractivity contribution is 0.0976. The van der Waals surface area contributed by atoms with E-state index >= 15 is 0 Å². The molecule has 0 aliphatic carbocycles. The number of thiocarbonyl (C=S) groups is 1. The van der Waals surface area contributed by atoms with Crippen LogP contribution in [-0.2, 0) is 0 Å². The fourth-order valence-electron chi connectivity index (χ4n) is 1.96. The van der Waals surface area contributed by atoms with Crippen molar-refractivity contribution in [3.8, 4) is 5.75 Å². The Morgan fingerprint density at radius 3 is 2.64 bits per heavy atom. The van der Waals surface area contributed by atoms with Gasteiger partial charge in [0.25, 0.3) is 5.91 Å². The summed E-state index contributed by atoms with van der Waals surface area (Å²) in [5.74, 6) is 0.550. The highest BCUT2D eigenvalue weighted by atomic mass is 127. The van der Waals surface area contributed by atoms with E-state index in [1.165, 1.54) is 25.7 Å². The molecule has 0 bridgehead atoms. The number of nitrogens with one attached hydrogen (secondary N) is 2. The molecule has 0 unspecified atom stereocenters. The van der Waals surface area contributed by atoms with Crippen molar-refractivity contribution in [1.82, 2.24) is 10.6 Å². The topological polar surface area (TPSA) is 50.4 Å². The lowest BCUT2D eigenvalue weighted by atomic mass is 10.1. The number of methoxy groups -OCH3 is 1. The van der Waals surface area contributed by atoms with Gasteiger partial charge in [0.2, 0.25) is 0 Å². The molecule has 4 nitrogen and oxygen atoms in total. The van der Waals surface area contributed by atoms with Gasteiger partial charge in [-0.1, -0.05) is 32.6 Å². The van der Waals surface area contributed by atoms with E-state index in [2.05, 4.69) is 40.1 Å². The summed E-state index contributed by atoms with van der Waals surface area (Å²) in [6.07, 6.45) is 6.02. The number of amides is 1. The third kappa shape index (κ3) is 6.91. The van der Waals surface area contributed by atoms with Crippen molar-refractivity contribution in [2.75, 3.05) is 13.7 Å². The monoisotopic (exact) mass is 434 g/mol. The Bertz CT molecular complexity index is 509. The number of benzene rings is 1. The van der Waals surface area contributed by atoms with Crippen molar-refractivity contribution in [3.63, 3.8) is 0 Å². The van der Waals surface area contributed by atoms with Gasteiger partial charge < -0.3 is 10.1 Å². The first kappa shape index (κ1) is 19.2. The van der Waals surface area contributed by atoms with E-state index in [-0.39, 0.29) is 5.91 Å². The predicted octanol–water partition coefficient (Wildman–Crippen LogP) is 3.87. The van der Waals surface area contributed by atoms with E-state index in [4.69, 9.17) is 17.0 Å². The van der Waals surface area contributed by atoms with Crippen molar-refractivity contribution in [2.45, 2.75) is 39.0 Å². The minimum Gasteiger partial charge on any atom is -0.496 e. The minimum absolute atomic E-state index is 0.205. The number of rotatable bonds is 8. The van der Waals surface area contributed by atoms with E-state index in [0.29, 0.717) is 10.7 Å². The molecule has 1 rings (SSSR count). The summed E-state index contributed by atoms with van der Waals surface area (Å²) in [5, 5.41) is 6.15. The highest BCUT2D eigenvalue weighted by Crippen LogP contribution is 2.21. The Kier molecular flexibility index (Phi) is 9.38. The van der Waals surface area contributed by atoms with Crippen LogP contribution in [0.2, 0.25) is 0 Å². The third-order valence-electron chi connectivity index (χ3n) is 3.21. The molecule has 0 saturated heterocycles. The van der Waals surface area contributed by atoms with Gasteiger partial charge in [0.05, 0.1) is 10.7 Å². The average Bonchev–Trinajstić information content (AvgIpc) is 2.50. The van der Waals surface area contributed by atoms with Crippen molar-refractivity contribution in [1.29, 1.82) is 0 Å². The van der Waals surface area contributed by atoms with Crippen LogP contribution in [0, 0.1) is 3.57 Å². The number of hydrogen-bond donors (Lipinski definition) is 2. The van der Waals surface area contributed by atoms with Crippen LogP contribution in [0.5, 0.6) is 5.75 Å². The summed E-state index contributed by atoms with van der Waals surface area (Å²) >= 11 is 7.28. The van der Waals surface area contributed by atoms with Gasteiger partial charge in [-0.05, 0) is 59.4 Å². The summed E-state index contributed by atoms with van der Waals surface area (Å²) in [7, 11) is 1.61. The Hall–Kier alpha value is -0.890. The van der Waals surface area contributed by atoms with Gasteiger partial charge >= 0.3 is 0 Å². The van der Waals surface area contributed by atoms with Gasteiger partial charge in [-0.25, -0.2) is 0 Å². The van der Waals surface area contributed by atoms with Crippen LogP contribution in [0.4, 0.5) is 0 Å². The third-order valence-corrected chi connectivity index (χ3v) is 4.30. The molecule has 1 aromatic rings. The number of halogens is 1. The maximum atomic E-state index is 12.1. The molecule has 0 heterocycles. The zero-order valence-corrected chi connectivity index (χ0v) is 16.1. The van der Waals surface area contributed by atoms with Gasteiger partial charge in [0.15, 0.2) is 5.11 Å². The molecule has 0 atom stereocenters. The van der Waals surface area contributed by atoms with Crippen molar-refractivity contribution >= 4 is 45.8 Å². The summed E-state index contributed by atoms with van der Waals surface area (Å²) in [4.78, 5) is 12.1. The molecule has 0 saturated carbocycles. The Labute approximate surface area is 151 Å². The number of ether oxygens (including phenoxy) is 1. The first-order valence-electron chi connectivity index (χ1n) is 7.51. The SMILES string of the molecule is CCCCCCCNC(=S)NC(=O)c1ccc(OC)c(I)c1. The summed E-state index contributed by atoms with van der Waals surface area (Å²) in [5.41, 5.74) is 0.567. The van der Waals surface area contributed by atoms with Crippen LogP contribution in [0.25, 0.3) is 0 Å². The Morgan fingerprint density at radius 1 is 1.27 bits per heavy atom. The van der Waals surface area contributed by atoms with Crippen molar-refractivity contribution in [2.24, 2.45) is 0 Å². The Morgan fingerprint density at radius 2 is 2.00 bits per heavy atom. The first-order valence-corrected chi connectivity index (χ1v) is 9.00. The fraction of sp³-hybridized carbons (Fsp3) is 0.500. The van der Waals surface area contributed by atoms with Gasteiger partial charge in [-0.15, -0.1) is 0 Å². The lowest BCUT2D eigenvalue weighted by Crippen LogP contribution is -2.39. The normalized spacial score (nSPS) is 10.1. The summed E-state index contributed by atoms with van der Waals surface area (Å²) in [6.45, 7) is 2.99. The molecule has 0 aromatic heterocycles. The smallest absolute Gasteiger partial charge is 0.257 e. The standard InChI is InChI=1S/C16H23IN2O2S/c1-3-4-5-6-7-10-18-16(22)19-15(20)12-8-9-14(21-2)13(17)11-12/h8-9,11H,3-7,10H2,1-2H3,(H2,18,19,20,22). The molecule has 0 radical (unpaired) electrons. The molecule has 1 aromatic carbocycles. The molecular formula is C16H23IN2O2S. The zero-order valence-electron chi connectivity index (χ0n) is 13.1. The number of hydrogen-bond acceptors (Lipinski definition) is 3. The second-order valence-electron chi connectivity index (χ2n) is 4.97. The second-order valence-corrected chi connectivity index (χ2v) is 6.54. The highest BCUT2D eigenvalue weighted by Gasteiger charge is 2.10. The molecule has 6 heteroatoms. The first-order chi connectivity index (χ1) is 10.6. The molecule has 122 valence electrons. The summed E-state index contributed by atoms with van der Waals surface area (Å²) < 4.78 is 6.07. The molecule has 0 fully saturated rings. The van der Waals surface area contributed by atoms with E-state index < -0.39 is 0 Å². The number of unbranched alkanes of at least 4 members (excludes halogenated alkanes) is 4. The maximum absolute atomic E-state index is 12.1. The van der Waals surface area contributed by atoms with E-state index in [1.54, 1.807) is 25.3 Å². The van der Waals surface area contributed by atoms with Crippen molar-refractivity contribution in [3.05, 3.63) is 27.3 Å². The van der Waals surface area contributed by atoms with Gasteiger partial charge in [0, 0.05) is 12.1 Å². The number of carbonyl (C=O) groups excluding carboxylic acids is 1. The van der Waals surface area contributed by atoms with E-state index in [9.17, 15) is 4.79 Å². The molecule has 0 spiro atoms. The van der Waals surface area contributed by atoms with Crippen LogP contribution < -0.4 is 15.4 Å². The fourth-order valence-corrected chi connectivity index (χ4v) is 2.89. The highest BCUT2D eigenvalue weighted by molar-refractivity contribution is 14.1. The molecule has 1 amide bonds. The zero-order chi connectivity index (χ0) is 16.4. The Balaban J connectivity index is 2.35. The van der Waals surface area contributed by atoms with Gasteiger partial charge in [-0.2, -0.15) is 0 Å². The largest absolute Gasteiger partial charge is 0.496 e. The van der Waals surface area contributed by atoms with E-state index in [1.807, 2.05) is 0 Å². The van der Waals surface area contributed by atoms with Gasteiger partial charge in [-0.3, -0.25) is 10.1 Å². The maximum Gasteiger partial charge on any atom is 0.257 e. The molecule has 22 heavy (non-hydrogen) atoms. The van der Waals surface area contributed by atoms with Crippen molar-refractivity contribution < 1.29 is 9.53 Å². The quantitative estimate of drug-likeness (QED) is 0.371. The van der Waals surface area contributed by atoms with Crippen LogP contribution in [0.15, 0.2) is 18.2 Å².